The summed E-state index contributed by atoms with van der Waals surface area (Å²) in [5.74, 6) is -0.755. The molecule has 4 rings (SSSR count). The van der Waals surface area contributed by atoms with Crippen molar-refractivity contribution in [3.8, 4) is 22.9 Å². The molecule has 1 fully saturated rings. The average Bonchev–Trinajstić information content (AvgIpc) is 3.39. The van der Waals surface area contributed by atoms with Crippen molar-refractivity contribution in [1.82, 2.24) is 15.0 Å². The van der Waals surface area contributed by atoms with Crippen molar-refractivity contribution in [2.75, 3.05) is 14.2 Å². The minimum atomic E-state index is -1.03. The molecule has 1 aromatic carbocycles. The van der Waals surface area contributed by atoms with Crippen LogP contribution >= 0.6 is 0 Å². The zero-order valence-electron chi connectivity index (χ0n) is 17.9. The second kappa shape index (κ2) is 8.81. The lowest BCUT2D eigenvalue weighted by Crippen LogP contribution is -2.44. The van der Waals surface area contributed by atoms with Gasteiger partial charge in [0.25, 0.3) is 5.89 Å². The Kier molecular flexibility index (Phi) is 5.93. The van der Waals surface area contributed by atoms with E-state index in [9.17, 15) is 14.4 Å². The number of carbonyl (C=O) groups excluding carboxylic acids is 3. The summed E-state index contributed by atoms with van der Waals surface area (Å²) >= 11 is 0. The number of esters is 1. The highest BCUT2D eigenvalue weighted by Crippen LogP contribution is 2.36. The third kappa shape index (κ3) is 3.83. The van der Waals surface area contributed by atoms with Gasteiger partial charge in [0.1, 0.15) is 6.04 Å². The van der Waals surface area contributed by atoms with Crippen LogP contribution in [0.2, 0.25) is 0 Å². The van der Waals surface area contributed by atoms with Crippen LogP contribution in [0.15, 0.2) is 34.9 Å². The first-order valence-corrected chi connectivity index (χ1v) is 10.2. The Morgan fingerprint density at radius 3 is 2.41 bits per heavy atom. The third-order valence-corrected chi connectivity index (χ3v) is 5.72. The fraction of sp³-hybridized carbons (Fsp3) is 0.409. The largest absolute Gasteiger partial charge is 0.493 e. The van der Waals surface area contributed by atoms with Gasteiger partial charge in [0.2, 0.25) is 17.6 Å². The van der Waals surface area contributed by atoms with Crippen LogP contribution in [0.5, 0.6) is 11.5 Å². The first kappa shape index (κ1) is 21.5. The molecule has 10 heteroatoms. The van der Waals surface area contributed by atoms with E-state index in [0.29, 0.717) is 29.9 Å². The molecule has 2 amide bonds. The van der Waals surface area contributed by atoms with Crippen LogP contribution in [-0.4, -0.2) is 53.1 Å². The van der Waals surface area contributed by atoms with Gasteiger partial charge in [-0.25, -0.2) is 4.79 Å². The lowest BCUT2D eigenvalue weighted by atomic mass is 9.85. The summed E-state index contributed by atoms with van der Waals surface area (Å²) in [5, 5.41) is 3.89. The number of rotatable bonds is 7. The Morgan fingerprint density at radius 1 is 1.12 bits per heavy atom. The number of imide groups is 1. The van der Waals surface area contributed by atoms with Crippen LogP contribution in [0.4, 0.5) is 0 Å². The second-order valence-electron chi connectivity index (χ2n) is 7.57. The highest BCUT2D eigenvalue weighted by Gasteiger charge is 2.50. The Bertz CT molecular complexity index is 1050. The number of hydrogen-bond acceptors (Lipinski definition) is 9. The van der Waals surface area contributed by atoms with Gasteiger partial charge in [-0.2, -0.15) is 4.98 Å². The summed E-state index contributed by atoms with van der Waals surface area (Å²) < 4.78 is 20.9. The normalized spacial score (nSPS) is 20.8. The first-order valence-electron chi connectivity index (χ1n) is 10.2. The number of amides is 2. The molecule has 0 bridgehead atoms. The van der Waals surface area contributed by atoms with Crippen molar-refractivity contribution in [3.05, 3.63) is 36.2 Å². The summed E-state index contributed by atoms with van der Waals surface area (Å²) in [6.45, 7) is 1.19. The predicted molar refractivity (Wildman–Crippen MR) is 109 cm³/mol. The number of hydrogen-bond donors (Lipinski definition) is 0. The van der Waals surface area contributed by atoms with Crippen molar-refractivity contribution in [2.24, 2.45) is 11.8 Å². The standard InChI is InChI=1S/C22H23N3O7/c1-12(25-20(26)14-6-4-5-7-15(14)21(25)27)22(28)31-11-18-23-19(24-32-18)13-8-9-16(29-2)17(10-13)30-3/h4-5,8-10,12,14-15H,6-7,11H2,1-3H3/t12-,14-,15-/m0/s1. The van der Waals surface area contributed by atoms with Gasteiger partial charge in [0, 0.05) is 5.56 Å². The van der Waals surface area contributed by atoms with Gasteiger partial charge < -0.3 is 18.7 Å². The third-order valence-electron chi connectivity index (χ3n) is 5.72. The molecule has 0 radical (unpaired) electrons. The van der Waals surface area contributed by atoms with Crippen molar-refractivity contribution >= 4 is 17.8 Å². The summed E-state index contributed by atoms with van der Waals surface area (Å²) in [4.78, 5) is 43.0. The van der Waals surface area contributed by atoms with Gasteiger partial charge in [-0.3, -0.25) is 14.5 Å². The number of likely N-dealkylation sites (tertiary alicyclic amines) is 1. The molecule has 32 heavy (non-hydrogen) atoms. The minimum Gasteiger partial charge on any atom is -0.493 e. The van der Waals surface area contributed by atoms with Crippen LogP contribution in [0.3, 0.4) is 0 Å². The Balaban J connectivity index is 1.39. The lowest BCUT2D eigenvalue weighted by Gasteiger charge is -2.21. The van der Waals surface area contributed by atoms with E-state index in [4.69, 9.17) is 18.7 Å². The molecule has 1 aliphatic heterocycles. The van der Waals surface area contributed by atoms with Gasteiger partial charge in [-0.1, -0.05) is 17.3 Å². The lowest BCUT2D eigenvalue weighted by molar-refractivity contribution is -0.159. The van der Waals surface area contributed by atoms with Crippen LogP contribution in [-0.2, 0) is 25.7 Å². The highest BCUT2D eigenvalue weighted by molar-refractivity contribution is 6.08. The van der Waals surface area contributed by atoms with Gasteiger partial charge in [-0.05, 0) is 38.0 Å². The van der Waals surface area contributed by atoms with Gasteiger partial charge >= 0.3 is 5.97 Å². The number of carbonyl (C=O) groups is 3. The Morgan fingerprint density at radius 2 is 1.78 bits per heavy atom. The number of fused-ring (bicyclic) bond motifs is 1. The molecular formula is C22H23N3O7. The summed E-state index contributed by atoms with van der Waals surface area (Å²) in [6.07, 6.45) is 4.80. The minimum absolute atomic E-state index is 0.0762. The van der Waals surface area contributed by atoms with Crippen LogP contribution in [0.25, 0.3) is 11.4 Å². The number of methoxy groups -OCH3 is 2. The van der Waals surface area contributed by atoms with E-state index in [0.717, 1.165) is 4.90 Å². The van der Waals surface area contributed by atoms with Gasteiger partial charge in [0.05, 0.1) is 26.1 Å². The molecule has 1 aliphatic carbocycles. The zero-order valence-corrected chi connectivity index (χ0v) is 17.9. The van der Waals surface area contributed by atoms with Crippen molar-refractivity contribution in [1.29, 1.82) is 0 Å². The summed E-state index contributed by atoms with van der Waals surface area (Å²) in [7, 11) is 3.05. The molecule has 2 aromatic rings. The number of allylic oxidation sites excluding steroid dienone is 2. The molecule has 0 spiro atoms. The van der Waals surface area contributed by atoms with Crippen molar-refractivity contribution < 1.29 is 33.1 Å². The van der Waals surface area contributed by atoms with Crippen LogP contribution in [0, 0.1) is 11.8 Å². The fourth-order valence-corrected chi connectivity index (χ4v) is 3.97. The van der Waals surface area contributed by atoms with Gasteiger partial charge in [0.15, 0.2) is 18.1 Å². The number of aromatic nitrogens is 2. The Hall–Kier alpha value is -3.69. The monoisotopic (exact) mass is 441 g/mol. The van der Waals surface area contributed by atoms with E-state index >= 15 is 0 Å². The molecule has 3 atom stereocenters. The smallest absolute Gasteiger partial charge is 0.329 e. The van der Waals surface area contributed by atoms with E-state index in [1.54, 1.807) is 18.2 Å². The number of benzene rings is 1. The maximum atomic E-state index is 12.6. The summed E-state index contributed by atoms with van der Waals surface area (Å²) in [5.41, 5.74) is 0.627. The highest BCUT2D eigenvalue weighted by atomic mass is 16.6. The zero-order chi connectivity index (χ0) is 22.8. The van der Waals surface area contributed by atoms with Gasteiger partial charge in [-0.15, -0.1) is 0 Å². The van der Waals surface area contributed by atoms with Crippen molar-refractivity contribution in [2.45, 2.75) is 32.4 Å². The van der Waals surface area contributed by atoms with E-state index in [2.05, 4.69) is 10.1 Å². The number of nitrogens with zero attached hydrogens (tertiary/aromatic N) is 3. The summed E-state index contributed by atoms with van der Waals surface area (Å²) in [6, 6.07) is 4.11. The molecule has 0 saturated carbocycles. The molecule has 2 heterocycles. The molecule has 0 unspecified atom stereocenters. The first-order chi connectivity index (χ1) is 15.4. The van der Waals surface area contributed by atoms with Crippen molar-refractivity contribution in [3.63, 3.8) is 0 Å². The fourth-order valence-electron chi connectivity index (χ4n) is 3.97. The van der Waals surface area contributed by atoms with E-state index in [-0.39, 0.29) is 30.1 Å². The average molecular weight is 441 g/mol. The predicted octanol–water partition coefficient (Wildman–Crippen LogP) is 2.14. The molecule has 0 N–H and O–H groups in total. The van der Waals surface area contributed by atoms with Crippen LogP contribution in [0.1, 0.15) is 25.7 Å². The topological polar surface area (TPSA) is 121 Å². The van der Waals surface area contributed by atoms with E-state index in [1.807, 2.05) is 12.2 Å². The number of ether oxygens (including phenoxy) is 3. The maximum Gasteiger partial charge on any atom is 0.329 e. The second-order valence-corrected chi connectivity index (χ2v) is 7.57. The molecule has 2 aliphatic rings. The molecular weight excluding hydrogens is 418 g/mol. The maximum absolute atomic E-state index is 12.6. The SMILES string of the molecule is COc1ccc(-c2noc(COC(=O)[C@H](C)N3C(=O)[C@H]4CC=CC[C@@H]4C3=O)n2)cc1OC. The Labute approximate surface area is 184 Å². The quantitative estimate of drug-likeness (QED) is 0.361. The van der Waals surface area contributed by atoms with E-state index < -0.39 is 23.8 Å². The molecule has 1 saturated heterocycles. The molecule has 1 aromatic heterocycles. The van der Waals surface area contributed by atoms with Crippen LogP contribution < -0.4 is 9.47 Å². The van der Waals surface area contributed by atoms with E-state index in [1.165, 1.54) is 21.1 Å². The molecule has 10 nitrogen and oxygen atoms in total. The molecule has 168 valence electrons.